The summed E-state index contributed by atoms with van der Waals surface area (Å²) in [6.07, 6.45) is 0. The van der Waals surface area contributed by atoms with Crippen LogP contribution in [0.1, 0.15) is 31.9 Å². The minimum atomic E-state index is 0.0845. The molecule has 0 atom stereocenters. The van der Waals surface area contributed by atoms with Crippen LogP contribution in [0.25, 0.3) is 0 Å². The summed E-state index contributed by atoms with van der Waals surface area (Å²) >= 11 is 1.64. The first-order chi connectivity index (χ1) is 7.93. The number of thioether (sulfide) groups is 1. The van der Waals surface area contributed by atoms with Gasteiger partial charge in [0.05, 0.1) is 5.75 Å². The van der Waals surface area contributed by atoms with E-state index in [4.69, 9.17) is 0 Å². The Morgan fingerprint density at radius 1 is 1.24 bits per heavy atom. The van der Waals surface area contributed by atoms with E-state index in [-0.39, 0.29) is 11.3 Å². The van der Waals surface area contributed by atoms with Crippen molar-refractivity contribution in [2.75, 3.05) is 12.8 Å². The molecule has 0 aliphatic heterocycles. The second-order valence-electron chi connectivity index (χ2n) is 5.11. The highest BCUT2D eigenvalue weighted by Crippen LogP contribution is 2.23. The van der Waals surface area contributed by atoms with Crippen LogP contribution >= 0.6 is 11.8 Å². The minimum Gasteiger partial charge on any atom is -0.358 e. The molecule has 0 heterocycles. The van der Waals surface area contributed by atoms with Crippen LogP contribution in [-0.2, 0) is 16.0 Å². The van der Waals surface area contributed by atoms with Gasteiger partial charge in [-0.25, -0.2) is 0 Å². The molecule has 0 bridgehead atoms. The molecule has 1 rings (SSSR count). The third-order valence-electron chi connectivity index (χ3n) is 2.60. The van der Waals surface area contributed by atoms with E-state index in [0.717, 1.165) is 5.75 Å². The Labute approximate surface area is 108 Å². The van der Waals surface area contributed by atoms with Crippen LogP contribution in [0.5, 0.6) is 0 Å². The molecular formula is C14H21NOS. The number of hydrogen-bond acceptors (Lipinski definition) is 2. The molecule has 0 saturated heterocycles. The van der Waals surface area contributed by atoms with E-state index in [1.807, 2.05) is 0 Å². The molecule has 0 unspecified atom stereocenters. The maximum absolute atomic E-state index is 11.1. The van der Waals surface area contributed by atoms with Gasteiger partial charge in [0.1, 0.15) is 0 Å². The molecule has 0 aliphatic rings. The van der Waals surface area contributed by atoms with Crippen LogP contribution in [0.15, 0.2) is 24.3 Å². The predicted octanol–water partition coefficient (Wildman–Crippen LogP) is 2.96. The molecule has 0 fully saturated rings. The fourth-order valence-corrected chi connectivity index (χ4v) is 2.29. The van der Waals surface area contributed by atoms with Crippen LogP contribution in [0.2, 0.25) is 0 Å². The Morgan fingerprint density at radius 3 is 2.29 bits per heavy atom. The Morgan fingerprint density at radius 2 is 1.82 bits per heavy atom. The first-order valence-electron chi connectivity index (χ1n) is 5.81. The van der Waals surface area contributed by atoms with Crippen molar-refractivity contribution in [1.29, 1.82) is 0 Å². The van der Waals surface area contributed by atoms with Crippen LogP contribution in [0.3, 0.4) is 0 Å². The number of carbonyl (C=O) groups excluding carboxylic acids is 1. The zero-order chi connectivity index (χ0) is 12.9. The Bertz CT molecular complexity index is 365. The van der Waals surface area contributed by atoms with E-state index in [9.17, 15) is 4.79 Å². The summed E-state index contributed by atoms with van der Waals surface area (Å²) in [5, 5.41) is 2.62. The molecule has 17 heavy (non-hydrogen) atoms. The molecule has 2 nitrogen and oxygen atoms in total. The van der Waals surface area contributed by atoms with Crippen molar-refractivity contribution >= 4 is 17.7 Å². The Kier molecular flexibility index (Phi) is 5.06. The molecule has 1 aromatic rings. The lowest BCUT2D eigenvalue weighted by Crippen LogP contribution is -2.19. The number of nitrogens with one attached hydrogen (secondary N) is 1. The van der Waals surface area contributed by atoms with Crippen LogP contribution < -0.4 is 5.32 Å². The highest BCUT2D eigenvalue weighted by atomic mass is 32.2. The van der Waals surface area contributed by atoms with Gasteiger partial charge in [0.2, 0.25) is 5.91 Å². The van der Waals surface area contributed by atoms with E-state index < -0.39 is 0 Å². The summed E-state index contributed by atoms with van der Waals surface area (Å²) in [7, 11) is 1.67. The first-order valence-corrected chi connectivity index (χ1v) is 6.96. The van der Waals surface area contributed by atoms with Gasteiger partial charge in [0, 0.05) is 12.8 Å². The van der Waals surface area contributed by atoms with Gasteiger partial charge in [-0.2, -0.15) is 0 Å². The van der Waals surface area contributed by atoms with E-state index in [1.54, 1.807) is 18.8 Å². The number of hydrogen-bond donors (Lipinski definition) is 1. The van der Waals surface area contributed by atoms with Crippen molar-refractivity contribution in [3.63, 3.8) is 0 Å². The number of amides is 1. The standard InChI is InChI=1S/C14H21NOS/c1-14(2,3)12-7-5-11(6-8-12)9-17-10-13(16)15-4/h5-8H,9-10H2,1-4H3,(H,15,16). The van der Waals surface area contributed by atoms with E-state index in [2.05, 4.69) is 50.4 Å². The Hall–Kier alpha value is -0.960. The molecule has 3 heteroatoms. The normalized spacial score (nSPS) is 11.3. The summed E-state index contributed by atoms with van der Waals surface area (Å²) in [5.74, 6) is 1.50. The summed E-state index contributed by atoms with van der Waals surface area (Å²) in [6, 6.07) is 8.65. The fraction of sp³-hybridized carbons (Fsp3) is 0.500. The second-order valence-corrected chi connectivity index (χ2v) is 6.10. The van der Waals surface area contributed by atoms with Gasteiger partial charge < -0.3 is 5.32 Å². The molecule has 0 aromatic heterocycles. The van der Waals surface area contributed by atoms with Crippen LogP contribution in [0, 0.1) is 0 Å². The van der Waals surface area contributed by atoms with Crippen molar-refractivity contribution in [3.05, 3.63) is 35.4 Å². The predicted molar refractivity (Wildman–Crippen MR) is 75.4 cm³/mol. The number of carbonyl (C=O) groups is 1. The fourth-order valence-electron chi connectivity index (χ4n) is 1.43. The lowest BCUT2D eigenvalue weighted by molar-refractivity contribution is -0.118. The molecule has 1 amide bonds. The topological polar surface area (TPSA) is 29.1 Å². The molecule has 0 aliphatic carbocycles. The van der Waals surface area contributed by atoms with Gasteiger partial charge in [0.25, 0.3) is 0 Å². The lowest BCUT2D eigenvalue weighted by Gasteiger charge is -2.19. The van der Waals surface area contributed by atoms with Crippen LogP contribution in [0.4, 0.5) is 0 Å². The van der Waals surface area contributed by atoms with Gasteiger partial charge in [-0.1, -0.05) is 45.0 Å². The van der Waals surface area contributed by atoms with E-state index in [1.165, 1.54) is 11.1 Å². The molecule has 0 spiro atoms. The van der Waals surface area contributed by atoms with Crippen molar-refractivity contribution in [3.8, 4) is 0 Å². The summed E-state index contributed by atoms with van der Waals surface area (Å²) < 4.78 is 0. The SMILES string of the molecule is CNC(=O)CSCc1ccc(C(C)(C)C)cc1. The van der Waals surface area contributed by atoms with Crippen molar-refractivity contribution < 1.29 is 4.79 Å². The summed E-state index contributed by atoms with van der Waals surface area (Å²) in [5.41, 5.74) is 2.82. The zero-order valence-electron chi connectivity index (χ0n) is 11.0. The largest absolute Gasteiger partial charge is 0.358 e. The first kappa shape index (κ1) is 14.1. The van der Waals surface area contributed by atoms with E-state index >= 15 is 0 Å². The molecule has 1 N–H and O–H groups in total. The van der Waals surface area contributed by atoms with Gasteiger partial charge in [-0.05, 0) is 16.5 Å². The van der Waals surface area contributed by atoms with Crippen molar-refractivity contribution in [1.82, 2.24) is 5.32 Å². The quantitative estimate of drug-likeness (QED) is 0.891. The van der Waals surface area contributed by atoms with Crippen molar-refractivity contribution in [2.24, 2.45) is 0 Å². The average molecular weight is 251 g/mol. The smallest absolute Gasteiger partial charge is 0.229 e. The molecule has 0 saturated carbocycles. The zero-order valence-corrected chi connectivity index (χ0v) is 11.9. The average Bonchev–Trinajstić information content (AvgIpc) is 2.28. The summed E-state index contributed by atoms with van der Waals surface area (Å²) in [4.78, 5) is 11.1. The Balaban J connectivity index is 2.49. The maximum Gasteiger partial charge on any atom is 0.229 e. The number of rotatable bonds is 4. The molecule has 1 aromatic carbocycles. The van der Waals surface area contributed by atoms with Gasteiger partial charge in [-0.3, -0.25) is 4.79 Å². The maximum atomic E-state index is 11.1. The third-order valence-corrected chi connectivity index (χ3v) is 3.60. The molecule has 0 radical (unpaired) electrons. The van der Waals surface area contributed by atoms with Gasteiger partial charge >= 0.3 is 0 Å². The monoisotopic (exact) mass is 251 g/mol. The summed E-state index contributed by atoms with van der Waals surface area (Å²) in [6.45, 7) is 6.63. The highest BCUT2D eigenvalue weighted by molar-refractivity contribution is 7.99. The van der Waals surface area contributed by atoms with Crippen molar-refractivity contribution in [2.45, 2.75) is 31.9 Å². The third kappa shape index (κ3) is 4.82. The molecular weight excluding hydrogens is 230 g/mol. The van der Waals surface area contributed by atoms with Crippen LogP contribution in [-0.4, -0.2) is 18.7 Å². The second kappa shape index (κ2) is 6.10. The highest BCUT2D eigenvalue weighted by Gasteiger charge is 2.12. The minimum absolute atomic E-state index is 0.0845. The van der Waals surface area contributed by atoms with Gasteiger partial charge in [0.15, 0.2) is 0 Å². The molecule has 94 valence electrons. The number of benzene rings is 1. The lowest BCUT2D eigenvalue weighted by atomic mass is 9.87. The van der Waals surface area contributed by atoms with E-state index in [0.29, 0.717) is 5.75 Å². The van der Waals surface area contributed by atoms with Gasteiger partial charge in [-0.15, -0.1) is 11.8 Å².